The number of nitrogens with zero attached hydrogens (tertiary/aromatic N) is 1. The molecule has 0 amide bonds. The van der Waals surface area contributed by atoms with Crippen molar-refractivity contribution in [3.05, 3.63) is 0 Å². The molecular formula is C12H25N3O2. The Balaban J connectivity index is 3.94. The fraction of sp³-hybridized carbons (Fsp3) is 0.833. The van der Waals surface area contributed by atoms with E-state index in [1.54, 1.807) is 0 Å². The Hall–Kier alpha value is -1.10. The highest BCUT2D eigenvalue weighted by molar-refractivity contribution is 5.82. The van der Waals surface area contributed by atoms with Crippen molar-refractivity contribution < 1.29 is 9.90 Å². The van der Waals surface area contributed by atoms with Crippen LogP contribution < -0.4 is 11.5 Å². The van der Waals surface area contributed by atoms with E-state index in [0.717, 1.165) is 19.3 Å². The predicted octanol–water partition coefficient (Wildman–Crippen LogP) is 1.36. The van der Waals surface area contributed by atoms with Gasteiger partial charge in [-0.1, -0.05) is 20.3 Å². The number of carbonyl (C=O) groups is 1. The Labute approximate surface area is 103 Å². The lowest BCUT2D eigenvalue weighted by atomic mass is 10.00. The van der Waals surface area contributed by atoms with Gasteiger partial charge in [-0.15, -0.1) is 0 Å². The van der Waals surface area contributed by atoms with Crippen LogP contribution in [0.3, 0.4) is 0 Å². The molecule has 0 aromatic carbocycles. The zero-order valence-electron chi connectivity index (χ0n) is 10.9. The van der Waals surface area contributed by atoms with Gasteiger partial charge in [0.05, 0.1) is 5.84 Å². The zero-order valence-corrected chi connectivity index (χ0v) is 10.9. The van der Waals surface area contributed by atoms with Crippen molar-refractivity contribution in [1.29, 1.82) is 0 Å². The first kappa shape index (κ1) is 15.9. The molecule has 0 aliphatic rings. The molecule has 5 N–H and O–H groups in total. The number of hydrogen-bond donors (Lipinski definition) is 3. The van der Waals surface area contributed by atoms with Crippen molar-refractivity contribution in [3.8, 4) is 0 Å². The van der Waals surface area contributed by atoms with Gasteiger partial charge < -0.3 is 16.6 Å². The lowest BCUT2D eigenvalue weighted by Gasteiger charge is -2.13. The van der Waals surface area contributed by atoms with Crippen LogP contribution in [-0.4, -0.2) is 29.5 Å². The van der Waals surface area contributed by atoms with Crippen LogP contribution in [0, 0.1) is 5.92 Å². The predicted molar refractivity (Wildman–Crippen MR) is 70.0 cm³/mol. The molecule has 0 aliphatic carbocycles. The summed E-state index contributed by atoms with van der Waals surface area (Å²) in [7, 11) is 0. The first-order valence-electron chi connectivity index (χ1n) is 6.31. The van der Waals surface area contributed by atoms with E-state index in [2.05, 4.69) is 18.8 Å². The molecule has 2 unspecified atom stereocenters. The quantitative estimate of drug-likeness (QED) is 0.323. The maximum absolute atomic E-state index is 10.5. The molecule has 0 radical (unpaired) electrons. The first-order chi connectivity index (χ1) is 8.02. The summed E-state index contributed by atoms with van der Waals surface area (Å²) in [4.78, 5) is 14.8. The molecule has 0 saturated carbocycles. The van der Waals surface area contributed by atoms with Gasteiger partial charge in [0.25, 0.3) is 0 Å². The maximum atomic E-state index is 10.5. The lowest BCUT2D eigenvalue weighted by Crippen LogP contribution is -2.30. The number of carboxylic acid groups (broad SMARTS) is 1. The number of hydrogen-bond acceptors (Lipinski definition) is 3. The van der Waals surface area contributed by atoms with Crippen LogP contribution in [-0.2, 0) is 4.79 Å². The van der Waals surface area contributed by atoms with Gasteiger partial charge in [-0.2, -0.15) is 0 Å². The average molecular weight is 243 g/mol. The van der Waals surface area contributed by atoms with Crippen molar-refractivity contribution >= 4 is 11.8 Å². The highest BCUT2D eigenvalue weighted by Crippen LogP contribution is 2.10. The lowest BCUT2D eigenvalue weighted by molar-refractivity contribution is -0.138. The van der Waals surface area contributed by atoms with E-state index >= 15 is 0 Å². The summed E-state index contributed by atoms with van der Waals surface area (Å²) in [5.74, 6) is 0.0887. The number of nitrogens with two attached hydrogens (primary N) is 2. The van der Waals surface area contributed by atoms with E-state index < -0.39 is 12.0 Å². The van der Waals surface area contributed by atoms with E-state index in [1.807, 2.05) is 0 Å². The van der Waals surface area contributed by atoms with Crippen LogP contribution in [0.15, 0.2) is 4.99 Å². The average Bonchev–Trinajstić information content (AvgIpc) is 2.30. The Kier molecular flexibility index (Phi) is 8.40. The van der Waals surface area contributed by atoms with E-state index in [9.17, 15) is 4.79 Å². The Morgan fingerprint density at radius 3 is 2.47 bits per heavy atom. The molecule has 2 atom stereocenters. The third-order valence-electron chi connectivity index (χ3n) is 2.83. The second kappa shape index (κ2) is 8.98. The summed E-state index contributed by atoms with van der Waals surface area (Å²) in [5, 5.41) is 8.60. The highest BCUT2D eigenvalue weighted by atomic mass is 16.4. The van der Waals surface area contributed by atoms with Crippen LogP contribution >= 0.6 is 0 Å². The standard InChI is InChI=1S/C12H25N3O2/c1-3-6-9(4-2)11(14)15-8-5-7-10(13)12(16)17/h9-10H,3-8,13H2,1-2H3,(H2,14,15)(H,16,17). The summed E-state index contributed by atoms with van der Waals surface area (Å²) in [6.45, 7) is 4.79. The van der Waals surface area contributed by atoms with Crippen LogP contribution in [0.1, 0.15) is 46.0 Å². The number of amidine groups is 1. The van der Waals surface area contributed by atoms with Gasteiger partial charge in [0, 0.05) is 12.5 Å². The fourth-order valence-corrected chi connectivity index (χ4v) is 1.68. The smallest absolute Gasteiger partial charge is 0.320 e. The molecule has 0 bridgehead atoms. The minimum atomic E-state index is -0.959. The summed E-state index contributed by atoms with van der Waals surface area (Å²) in [6.07, 6.45) is 4.25. The second-order valence-corrected chi connectivity index (χ2v) is 4.29. The normalized spacial score (nSPS) is 15.6. The largest absolute Gasteiger partial charge is 0.480 e. The number of rotatable bonds is 9. The van der Waals surface area contributed by atoms with Crippen molar-refractivity contribution in [2.24, 2.45) is 22.4 Å². The molecule has 0 aromatic rings. The third kappa shape index (κ3) is 6.94. The molecule has 5 heteroatoms. The molecule has 0 rings (SSSR count). The fourth-order valence-electron chi connectivity index (χ4n) is 1.68. The zero-order chi connectivity index (χ0) is 13.3. The Bertz CT molecular complexity index is 254. The molecule has 0 fully saturated rings. The van der Waals surface area contributed by atoms with E-state index in [4.69, 9.17) is 16.6 Å². The van der Waals surface area contributed by atoms with E-state index in [0.29, 0.717) is 31.1 Å². The molecule has 100 valence electrons. The summed E-state index contributed by atoms with van der Waals surface area (Å²) in [6, 6.07) is -0.788. The molecule has 0 heterocycles. The first-order valence-corrected chi connectivity index (χ1v) is 6.31. The van der Waals surface area contributed by atoms with Crippen molar-refractivity contribution in [2.45, 2.75) is 52.0 Å². The molecule has 0 aromatic heterocycles. The summed E-state index contributed by atoms with van der Waals surface area (Å²) >= 11 is 0. The minimum Gasteiger partial charge on any atom is -0.480 e. The SMILES string of the molecule is CCCC(CC)C(N)=NCCCC(N)C(=O)O. The van der Waals surface area contributed by atoms with Crippen LogP contribution in [0.4, 0.5) is 0 Å². The number of aliphatic carboxylic acids is 1. The van der Waals surface area contributed by atoms with Gasteiger partial charge in [-0.3, -0.25) is 9.79 Å². The second-order valence-electron chi connectivity index (χ2n) is 4.29. The topological polar surface area (TPSA) is 102 Å². The number of carboxylic acids is 1. The van der Waals surface area contributed by atoms with E-state index in [-0.39, 0.29) is 0 Å². The maximum Gasteiger partial charge on any atom is 0.320 e. The Morgan fingerprint density at radius 1 is 1.35 bits per heavy atom. The summed E-state index contributed by atoms with van der Waals surface area (Å²) in [5.41, 5.74) is 11.3. The molecule has 0 saturated heterocycles. The molecule has 0 aliphatic heterocycles. The minimum absolute atomic E-state index is 0.355. The van der Waals surface area contributed by atoms with Gasteiger partial charge in [-0.25, -0.2) is 0 Å². The molecule has 5 nitrogen and oxygen atoms in total. The third-order valence-corrected chi connectivity index (χ3v) is 2.83. The monoisotopic (exact) mass is 243 g/mol. The van der Waals surface area contributed by atoms with Gasteiger partial charge in [0.15, 0.2) is 0 Å². The van der Waals surface area contributed by atoms with Crippen molar-refractivity contribution in [1.82, 2.24) is 0 Å². The van der Waals surface area contributed by atoms with E-state index in [1.165, 1.54) is 0 Å². The van der Waals surface area contributed by atoms with Gasteiger partial charge >= 0.3 is 5.97 Å². The molecule has 0 spiro atoms. The van der Waals surface area contributed by atoms with Crippen molar-refractivity contribution in [3.63, 3.8) is 0 Å². The van der Waals surface area contributed by atoms with Crippen LogP contribution in [0.5, 0.6) is 0 Å². The highest BCUT2D eigenvalue weighted by Gasteiger charge is 2.11. The van der Waals surface area contributed by atoms with Gasteiger partial charge in [0.2, 0.25) is 0 Å². The summed E-state index contributed by atoms with van der Waals surface area (Å²) < 4.78 is 0. The van der Waals surface area contributed by atoms with Crippen LogP contribution in [0.2, 0.25) is 0 Å². The van der Waals surface area contributed by atoms with Crippen LogP contribution in [0.25, 0.3) is 0 Å². The molecule has 17 heavy (non-hydrogen) atoms. The Morgan fingerprint density at radius 2 is 2.00 bits per heavy atom. The molecular weight excluding hydrogens is 218 g/mol. The number of aliphatic imine (C=N–C) groups is 1. The van der Waals surface area contributed by atoms with Gasteiger partial charge in [-0.05, 0) is 25.7 Å². The van der Waals surface area contributed by atoms with Gasteiger partial charge in [0.1, 0.15) is 6.04 Å². The van der Waals surface area contributed by atoms with Crippen molar-refractivity contribution in [2.75, 3.05) is 6.54 Å².